The molecule has 0 fully saturated rings. The number of anilines is 1. The van der Waals surface area contributed by atoms with Gasteiger partial charge in [0, 0.05) is 35.2 Å². The van der Waals surface area contributed by atoms with Crippen LogP contribution in [-0.2, 0) is 16.4 Å². The minimum Gasteiger partial charge on any atom is -0.478 e. The lowest BCUT2D eigenvalue weighted by Crippen LogP contribution is -2.23. The highest BCUT2D eigenvalue weighted by molar-refractivity contribution is 7.90. The zero-order valence-electron chi connectivity index (χ0n) is 21.7. The number of aromatic nitrogens is 5. The number of rotatable bonds is 12. The van der Waals surface area contributed by atoms with E-state index in [0.29, 0.717) is 48.1 Å². The van der Waals surface area contributed by atoms with Crippen molar-refractivity contribution in [3.63, 3.8) is 0 Å². The summed E-state index contributed by atoms with van der Waals surface area (Å²) in [5.41, 5.74) is 10.0. The number of ether oxygens (including phenoxy) is 1. The van der Waals surface area contributed by atoms with Gasteiger partial charge in [-0.2, -0.15) is 5.10 Å². The van der Waals surface area contributed by atoms with E-state index in [0.717, 1.165) is 35.9 Å². The molecule has 11 heteroatoms. The molecule has 202 valence electrons. The summed E-state index contributed by atoms with van der Waals surface area (Å²) >= 11 is 0. The highest BCUT2D eigenvalue weighted by Gasteiger charge is 2.12. The molecule has 3 aromatic heterocycles. The lowest BCUT2D eigenvalue weighted by atomic mass is 10.1. The third-order valence-corrected chi connectivity index (χ3v) is 7.25. The second-order valence-electron chi connectivity index (χ2n) is 9.47. The van der Waals surface area contributed by atoms with E-state index in [-0.39, 0.29) is 5.75 Å². The Morgan fingerprint density at radius 3 is 2.67 bits per heavy atom. The molecular formula is C28H31N7O3S. The van der Waals surface area contributed by atoms with Gasteiger partial charge in [0.2, 0.25) is 5.88 Å². The number of pyridine rings is 1. The van der Waals surface area contributed by atoms with Crippen molar-refractivity contribution < 1.29 is 13.2 Å². The van der Waals surface area contributed by atoms with E-state index >= 15 is 0 Å². The van der Waals surface area contributed by atoms with Crippen molar-refractivity contribution >= 4 is 37.5 Å². The smallest absolute Gasteiger partial charge is 0.214 e. The summed E-state index contributed by atoms with van der Waals surface area (Å²) in [5, 5.41) is 9.37. The summed E-state index contributed by atoms with van der Waals surface area (Å²) in [6.07, 6.45) is 6.40. The third kappa shape index (κ3) is 6.87. The van der Waals surface area contributed by atoms with Crippen LogP contribution in [0.2, 0.25) is 0 Å². The Morgan fingerprint density at radius 2 is 1.85 bits per heavy atom. The van der Waals surface area contributed by atoms with Crippen LogP contribution in [0, 0.1) is 0 Å². The van der Waals surface area contributed by atoms with Crippen LogP contribution < -0.4 is 15.8 Å². The van der Waals surface area contributed by atoms with Crippen LogP contribution >= 0.6 is 0 Å². The number of unbranched alkanes of at least 4 members (excludes halogenated alkanes) is 1. The van der Waals surface area contributed by atoms with Crippen LogP contribution in [0.25, 0.3) is 33.2 Å². The van der Waals surface area contributed by atoms with Gasteiger partial charge in [0.05, 0.1) is 42.3 Å². The van der Waals surface area contributed by atoms with Crippen molar-refractivity contribution in [3.8, 4) is 17.3 Å². The summed E-state index contributed by atoms with van der Waals surface area (Å²) in [6.45, 7) is 2.37. The molecule has 0 amide bonds. The van der Waals surface area contributed by atoms with Gasteiger partial charge in [0.25, 0.3) is 0 Å². The molecule has 5 rings (SSSR count). The number of nitrogens with two attached hydrogens (primary N) is 1. The molecule has 0 aliphatic carbocycles. The highest BCUT2D eigenvalue weighted by atomic mass is 32.2. The zero-order chi connectivity index (χ0) is 27.2. The Kier molecular flexibility index (Phi) is 7.99. The molecule has 0 spiro atoms. The number of benzene rings is 2. The molecule has 0 saturated carbocycles. The molecule has 3 N–H and O–H groups in total. The fourth-order valence-corrected chi connectivity index (χ4v) is 4.78. The van der Waals surface area contributed by atoms with Crippen molar-refractivity contribution in [1.82, 2.24) is 30.0 Å². The number of hydrogen-bond donors (Lipinski definition) is 2. The van der Waals surface area contributed by atoms with E-state index in [2.05, 4.69) is 32.5 Å². The van der Waals surface area contributed by atoms with E-state index in [4.69, 9.17) is 15.5 Å². The second-order valence-corrected chi connectivity index (χ2v) is 11.7. The number of hydrogen-bond acceptors (Lipinski definition) is 9. The fourth-order valence-electron chi connectivity index (χ4n) is 4.26. The summed E-state index contributed by atoms with van der Waals surface area (Å²) in [7, 11) is -2.94. The van der Waals surface area contributed by atoms with Crippen molar-refractivity contribution in [3.05, 3.63) is 72.6 Å². The van der Waals surface area contributed by atoms with Gasteiger partial charge >= 0.3 is 0 Å². The quantitative estimate of drug-likeness (QED) is 0.226. The Bertz CT molecular complexity index is 1690. The maximum absolute atomic E-state index is 11.1. The molecule has 0 aliphatic heterocycles. The molecule has 0 unspecified atom stereocenters. The monoisotopic (exact) mass is 545 g/mol. The first kappa shape index (κ1) is 26.5. The van der Waals surface area contributed by atoms with Crippen molar-refractivity contribution in [2.45, 2.75) is 19.4 Å². The van der Waals surface area contributed by atoms with Crippen molar-refractivity contribution in [2.24, 2.45) is 0 Å². The van der Waals surface area contributed by atoms with Gasteiger partial charge in [0.15, 0.2) is 5.82 Å². The molecule has 39 heavy (non-hydrogen) atoms. The number of nitrogens with one attached hydrogen (secondary N) is 1. The average Bonchev–Trinajstić information content (AvgIpc) is 3.32. The third-order valence-electron chi connectivity index (χ3n) is 6.31. The van der Waals surface area contributed by atoms with E-state index in [1.54, 1.807) is 12.3 Å². The predicted molar refractivity (Wildman–Crippen MR) is 153 cm³/mol. The Balaban J connectivity index is 1.22. The molecule has 0 aliphatic rings. The number of sulfone groups is 1. The van der Waals surface area contributed by atoms with Crippen LogP contribution in [-0.4, -0.2) is 64.9 Å². The van der Waals surface area contributed by atoms with Crippen LogP contribution in [0.5, 0.6) is 5.88 Å². The van der Waals surface area contributed by atoms with Gasteiger partial charge in [-0.3, -0.25) is 4.68 Å². The van der Waals surface area contributed by atoms with E-state index in [9.17, 15) is 8.42 Å². The SMILES string of the molecule is CS(=O)(=O)CCNCCCCOc1cc2c(N)nc(-c3ccc4c(cnn4Cc4ccccc4)c3)nc2cn1. The summed E-state index contributed by atoms with van der Waals surface area (Å²) < 4.78 is 30.0. The number of nitrogens with zero attached hydrogens (tertiary/aromatic N) is 5. The minimum atomic E-state index is -2.94. The molecular weight excluding hydrogens is 514 g/mol. The lowest BCUT2D eigenvalue weighted by molar-refractivity contribution is 0.295. The first-order chi connectivity index (χ1) is 18.9. The molecule has 3 heterocycles. The van der Waals surface area contributed by atoms with Crippen LogP contribution in [0.1, 0.15) is 18.4 Å². The van der Waals surface area contributed by atoms with Gasteiger partial charge in [0.1, 0.15) is 15.7 Å². The Labute approximate surface area is 227 Å². The van der Waals surface area contributed by atoms with Gasteiger partial charge in [-0.1, -0.05) is 30.3 Å². The summed E-state index contributed by atoms with van der Waals surface area (Å²) in [4.78, 5) is 13.6. The highest BCUT2D eigenvalue weighted by Crippen LogP contribution is 2.27. The molecule has 0 radical (unpaired) electrons. The van der Waals surface area contributed by atoms with E-state index in [1.807, 2.05) is 47.3 Å². The second kappa shape index (κ2) is 11.7. The summed E-state index contributed by atoms with van der Waals surface area (Å²) in [6, 6.07) is 18.0. The van der Waals surface area contributed by atoms with Gasteiger partial charge in [-0.15, -0.1) is 0 Å². The van der Waals surface area contributed by atoms with Crippen molar-refractivity contribution in [2.75, 3.05) is 37.4 Å². The molecule has 0 saturated heterocycles. The normalized spacial score (nSPS) is 11.8. The predicted octanol–water partition coefficient (Wildman–Crippen LogP) is 3.47. The van der Waals surface area contributed by atoms with Gasteiger partial charge < -0.3 is 15.8 Å². The van der Waals surface area contributed by atoms with Gasteiger partial charge in [-0.25, -0.2) is 23.4 Å². The largest absolute Gasteiger partial charge is 0.478 e. The molecule has 2 aromatic carbocycles. The van der Waals surface area contributed by atoms with Crippen LogP contribution in [0.4, 0.5) is 5.82 Å². The molecule has 10 nitrogen and oxygen atoms in total. The molecule has 5 aromatic rings. The maximum Gasteiger partial charge on any atom is 0.214 e. The first-order valence-corrected chi connectivity index (χ1v) is 14.9. The average molecular weight is 546 g/mol. The standard InChI is InChI=1S/C28H31N7O3S/c1-39(36,37)14-12-30-11-5-6-13-38-26-16-23-24(18-31-26)33-28(34-27(23)29)21-9-10-25-22(15-21)17-32-35(25)19-20-7-3-2-4-8-20/h2-4,7-10,15-18,30H,5-6,11-14,19H2,1H3,(H2,29,33,34). The first-order valence-electron chi connectivity index (χ1n) is 12.8. The van der Waals surface area contributed by atoms with E-state index < -0.39 is 9.84 Å². The molecule has 0 bridgehead atoms. The lowest BCUT2D eigenvalue weighted by Gasteiger charge is -2.09. The zero-order valence-corrected chi connectivity index (χ0v) is 22.6. The topological polar surface area (TPSA) is 138 Å². The van der Waals surface area contributed by atoms with Crippen LogP contribution in [0.15, 0.2) is 67.0 Å². The Morgan fingerprint density at radius 1 is 1.00 bits per heavy atom. The minimum absolute atomic E-state index is 0.143. The Hall–Kier alpha value is -4.09. The fraction of sp³-hybridized carbons (Fsp3) is 0.286. The summed E-state index contributed by atoms with van der Waals surface area (Å²) in [5.74, 6) is 1.49. The number of nitrogen functional groups attached to an aromatic ring is 1. The van der Waals surface area contributed by atoms with Gasteiger partial charge in [-0.05, 0) is 43.1 Å². The number of fused-ring (bicyclic) bond motifs is 2. The maximum atomic E-state index is 11.1. The van der Waals surface area contributed by atoms with Crippen molar-refractivity contribution in [1.29, 1.82) is 0 Å². The van der Waals surface area contributed by atoms with E-state index in [1.165, 1.54) is 11.8 Å². The van der Waals surface area contributed by atoms with Crippen LogP contribution in [0.3, 0.4) is 0 Å². The molecule has 0 atom stereocenters.